The monoisotopic (exact) mass is 277 g/mol. The van der Waals surface area contributed by atoms with Gasteiger partial charge < -0.3 is 15.0 Å². The summed E-state index contributed by atoms with van der Waals surface area (Å²) in [5, 5.41) is 3.07. The number of hydrogen-bond donors (Lipinski definition) is 1. The van der Waals surface area contributed by atoms with Gasteiger partial charge in [0.25, 0.3) is 0 Å². The molecule has 6 nitrogen and oxygen atoms in total. The molecular formula is C14H23N5O. The van der Waals surface area contributed by atoms with Crippen molar-refractivity contribution < 1.29 is 4.74 Å². The summed E-state index contributed by atoms with van der Waals surface area (Å²) in [6, 6.07) is 1.35. The molecule has 2 atom stereocenters. The maximum absolute atomic E-state index is 5.53. The van der Waals surface area contributed by atoms with Gasteiger partial charge in [0.2, 0.25) is 5.75 Å². The zero-order valence-corrected chi connectivity index (χ0v) is 12.5. The van der Waals surface area contributed by atoms with Gasteiger partial charge in [-0.1, -0.05) is 0 Å². The molecule has 110 valence electrons. The Morgan fingerprint density at radius 3 is 2.80 bits per heavy atom. The Kier molecular flexibility index (Phi) is 3.65. The highest BCUT2D eigenvalue weighted by Gasteiger charge is 2.35. The van der Waals surface area contributed by atoms with Gasteiger partial charge in [0.15, 0.2) is 11.6 Å². The van der Waals surface area contributed by atoms with Crippen LogP contribution in [0.2, 0.25) is 0 Å². The SMILES string of the molecule is CNc1ncnc(N2CCC3CCC(C2)N3C)c1OC. The summed E-state index contributed by atoms with van der Waals surface area (Å²) in [7, 11) is 5.79. The lowest BCUT2D eigenvalue weighted by atomic mass is 10.1. The van der Waals surface area contributed by atoms with Crippen molar-refractivity contribution in [2.75, 3.05) is 44.5 Å². The largest absolute Gasteiger partial charge is 0.490 e. The molecule has 2 unspecified atom stereocenters. The lowest BCUT2D eigenvalue weighted by Crippen LogP contribution is -2.37. The highest BCUT2D eigenvalue weighted by molar-refractivity contribution is 5.64. The van der Waals surface area contributed by atoms with Gasteiger partial charge in [0, 0.05) is 32.2 Å². The van der Waals surface area contributed by atoms with E-state index < -0.39 is 0 Å². The molecule has 2 saturated heterocycles. The third-order valence-corrected chi connectivity index (χ3v) is 4.67. The normalized spacial score (nSPS) is 26.4. The quantitative estimate of drug-likeness (QED) is 0.896. The molecule has 2 aliphatic rings. The van der Waals surface area contributed by atoms with Crippen LogP contribution in [0.15, 0.2) is 6.33 Å². The Labute approximate surface area is 120 Å². The lowest BCUT2D eigenvalue weighted by Gasteiger charge is -2.28. The van der Waals surface area contributed by atoms with Gasteiger partial charge in [0.05, 0.1) is 7.11 Å². The van der Waals surface area contributed by atoms with E-state index in [4.69, 9.17) is 4.74 Å². The van der Waals surface area contributed by atoms with Crippen LogP contribution in [-0.4, -0.2) is 61.2 Å². The van der Waals surface area contributed by atoms with Crippen LogP contribution in [0.3, 0.4) is 0 Å². The maximum Gasteiger partial charge on any atom is 0.204 e. The number of hydrogen-bond acceptors (Lipinski definition) is 6. The van der Waals surface area contributed by atoms with Gasteiger partial charge in [0.1, 0.15) is 6.33 Å². The number of fused-ring (bicyclic) bond motifs is 2. The van der Waals surface area contributed by atoms with Crippen LogP contribution in [0.4, 0.5) is 11.6 Å². The van der Waals surface area contributed by atoms with E-state index in [1.807, 2.05) is 7.05 Å². The van der Waals surface area contributed by atoms with E-state index in [0.29, 0.717) is 6.04 Å². The van der Waals surface area contributed by atoms with Gasteiger partial charge in [-0.3, -0.25) is 4.90 Å². The Hall–Kier alpha value is -1.56. The molecule has 0 aromatic carbocycles. The number of aromatic nitrogens is 2. The molecule has 0 saturated carbocycles. The molecule has 0 amide bonds. The number of methoxy groups -OCH3 is 1. The van der Waals surface area contributed by atoms with Crippen molar-refractivity contribution in [3.63, 3.8) is 0 Å². The molecule has 2 aliphatic heterocycles. The van der Waals surface area contributed by atoms with Crippen LogP contribution in [0, 0.1) is 0 Å². The molecule has 6 heteroatoms. The van der Waals surface area contributed by atoms with Gasteiger partial charge in [-0.2, -0.15) is 0 Å². The Morgan fingerprint density at radius 2 is 2.05 bits per heavy atom. The van der Waals surface area contributed by atoms with Crippen molar-refractivity contribution in [1.82, 2.24) is 14.9 Å². The Morgan fingerprint density at radius 1 is 1.25 bits per heavy atom. The molecule has 2 bridgehead atoms. The summed E-state index contributed by atoms with van der Waals surface area (Å²) in [4.78, 5) is 13.6. The first-order chi connectivity index (χ1) is 9.74. The van der Waals surface area contributed by atoms with Gasteiger partial charge >= 0.3 is 0 Å². The van der Waals surface area contributed by atoms with Gasteiger partial charge in [-0.15, -0.1) is 0 Å². The second-order valence-electron chi connectivity index (χ2n) is 5.61. The number of anilines is 2. The lowest BCUT2D eigenvalue weighted by molar-refractivity contribution is 0.254. The first-order valence-corrected chi connectivity index (χ1v) is 7.28. The van der Waals surface area contributed by atoms with E-state index in [2.05, 4.69) is 32.1 Å². The van der Waals surface area contributed by atoms with E-state index in [1.54, 1.807) is 13.4 Å². The topological polar surface area (TPSA) is 53.5 Å². The van der Waals surface area contributed by atoms with E-state index in [9.17, 15) is 0 Å². The van der Waals surface area contributed by atoms with E-state index in [1.165, 1.54) is 19.3 Å². The standard InChI is InChI=1S/C14H23N5O/c1-15-13-12(20-3)14(17-9-16-13)19-7-6-10-4-5-11(8-19)18(10)2/h9-11H,4-8H2,1-3H3,(H,15,16,17). The van der Waals surface area contributed by atoms with Crippen LogP contribution in [0.25, 0.3) is 0 Å². The van der Waals surface area contributed by atoms with E-state index in [0.717, 1.165) is 36.5 Å². The third-order valence-electron chi connectivity index (χ3n) is 4.67. The smallest absolute Gasteiger partial charge is 0.204 e. The second kappa shape index (κ2) is 5.44. The molecule has 0 radical (unpaired) electrons. The summed E-state index contributed by atoms with van der Waals surface area (Å²) < 4.78 is 5.53. The predicted octanol–water partition coefficient (Wildman–Crippen LogP) is 1.20. The molecular weight excluding hydrogens is 254 g/mol. The van der Waals surface area contributed by atoms with Crippen LogP contribution in [0.5, 0.6) is 5.75 Å². The third kappa shape index (κ3) is 2.18. The predicted molar refractivity (Wildman–Crippen MR) is 79.5 cm³/mol. The van der Waals surface area contributed by atoms with Crippen molar-refractivity contribution >= 4 is 11.6 Å². The summed E-state index contributed by atoms with van der Waals surface area (Å²) in [5.41, 5.74) is 0. The average Bonchev–Trinajstić information content (AvgIpc) is 2.71. The van der Waals surface area contributed by atoms with Crippen molar-refractivity contribution in [1.29, 1.82) is 0 Å². The Balaban J connectivity index is 1.89. The molecule has 1 N–H and O–H groups in total. The first kappa shape index (κ1) is 13.4. The fourth-order valence-electron chi connectivity index (χ4n) is 3.46. The molecule has 2 fully saturated rings. The minimum Gasteiger partial charge on any atom is -0.490 e. The number of ether oxygens (including phenoxy) is 1. The van der Waals surface area contributed by atoms with Crippen LogP contribution in [0.1, 0.15) is 19.3 Å². The van der Waals surface area contributed by atoms with Crippen molar-refractivity contribution in [2.24, 2.45) is 0 Å². The molecule has 3 rings (SSSR count). The zero-order valence-electron chi connectivity index (χ0n) is 12.5. The number of nitrogens with one attached hydrogen (secondary N) is 1. The summed E-state index contributed by atoms with van der Waals surface area (Å²) in [6.07, 6.45) is 5.41. The maximum atomic E-state index is 5.53. The summed E-state index contributed by atoms with van der Waals surface area (Å²) in [5.74, 6) is 2.41. The first-order valence-electron chi connectivity index (χ1n) is 7.28. The van der Waals surface area contributed by atoms with E-state index in [-0.39, 0.29) is 0 Å². The molecule has 0 aliphatic carbocycles. The summed E-state index contributed by atoms with van der Waals surface area (Å²) in [6.45, 7) is 2.05. The fourth-order valence-corrected chi connectivity index (χ4v) is 3.46. The molecule has 0 spiro atoms. The number of nitrogens with zero attached hydrogens (tertiary/aromatic N) is 4. The average molecular weight is 277 g/mol. The fraction of sp³-hybridized carbons (Fsp3) is 0.714. The van der Waals surface area contributed by atoms with Gasteiger partial charge in [-0.05, 0) is 26.3 Å². The summed E-state index contributed by atoms with van der Waals surface area (Å²) >= 11 is 0. The van der Waals surface area contributed by atoms with Crippen LogP contribution >= 0.6 is 0 Å². The zero-order chi connectivity index (χ0) is 14.1. The Bertz CT molecular complexity index is 481. The molecule has 1 aromatic rings. The molecule has 3 heterocycles. The highest BCUT2D eigenvalue weighted by atomic mass is 16.5. The molecule has 1 aromatic heterocycles. The minimum absolute atomic E-state index is 0.625. The van der Waals surface area contributed by atoms with Crippen molar-refractivity contribution in [3.05, 3.63) is 6.33 Å². The van der Waals surface area contributed by atoms with Crippen molar-refractivity contribution in [2.45, 2.75) is 31.3 Å². The number of rotatable bonds is 3. The van der Waals surface area contributed by atoms with Crippen LogP contribution < -0.4 is 15.0 Å². The molecule has 20 heavy (non-hydrogen) atoms. The van der Waals surface area contributed by atoms with E-state index >= 15 is 0 Å². The van der Waals surface area contributed by atoms with Gasteiger partial charge in [-0.25, -0.2) is 9.97 Å². The second-order valence-corrected chi connectivity index (χ2v) is 5.61. The van der Waals surface area contributed by atoms with Crippen molar-refractivity contribution in [3.8, 4) is 5.75 Å². The van der Waals surface area contributed by atoms with Crippen LogP contribution in [-0.2, 0) is 0 Å². The highest BCUT2D eigenvalue weighted by Crippen LogP contribution is 2.35. The number of likely N-dealkylation sites (N-methyl/N-ethyl adjacent to an activating group) is 1. The minimum atomic E-state index is 0.625.